The lowest BCUT2D eigenvalue weighted by Gasteiger charge is -2.26. The van der Waals surface area contributed by atoms with Crippen molar-refractivity contribution in [3.05, 3.63) is 35.4 Å². The standard InChI is InChI=1S/C18H26O2/c1-14-2-4-15(5-3-14)6-7-16-8-10-17(11-9-16)18-19-12-13-20-18/h8-11,14-15,18H,2-7,12-13H2,1H3. The van der Waals surface area contributed by atoms with Gasteiger partial charge in [0.15, 0.2) is 6.29 Å². The van der Waals surface area contributed by atoms with Gasteiger partial charge >= 0.3 is 0 Å². The highest BCUT2D eigenvalue weighted by Crippen LogP contribution is 2.31. The fraction of sp³-hybridized carbons (Fsp3) is 0.667. The maximum atomic E-state index is 5.52. The Bertz CT molecular complexity index is 398. The molecule has 2 nitrogen and oxygen atoms in total. The Labute approximate surface area is 122 Å². The molecule has 1 aliphatic carbocycles. The lowest BCUT2D eigenvalue weighted by Crippen LogP contribution is -2.12. The Hall–Kier alpha value is -0.860. The van der Waals surface area contributed by atoms with Crippen LogP contribution < -0.4 is 0 Å². The van der Waals surface area contributed by atoms with Gasteiger partial charge in [0.25, 0.3) is 0 Å². The first kappa shape index (κ1) is 14.1. The summed E-state index contributed by atoms with van der Waals surface area (Å²) in [4.78, 5) is 0. The van der Waals surface area contributed by atoms with Crippen LogP contribution in [0.2, 0.25) is 0 Å². The van der Waals surface area contributed by atoms with Crippen LogP contribution in [0.25, 0.3) is 0 Å². The van der Waals surface area contributed by atoms with Crippen molar-refractivity contribution in [2.45, 2.75) is 51.7 Å². The molecule has 1 aromatic carbocycles. The first-order chi connectivity index (χ1) is 9.81. The number of ether oxygens (including phenoxy) is 2. The summed E-state index contributed by atoms with van der Waals surface area (Å²) in [5.41, 5.74) is 2.60. The summed E-state index contributed by atoms with van der Waals surface area (Å²) in [5, 5.41) is 0. The molecule has 1 aromatic rings. The van der Waals surface area contributed by atoms with Gasteiger partial charge in [-0.1, -0.05) is 56.9 Å². The summed E-state index contributed by atoms with van der Waals surface area (Å²) in [6.45, 7) is 3.82. The molecule has 110 valence electrons. The van der Waals surface area contributed by atoms with Crippen LogP contribution in [0, 0.1) is 11.8 Å². The van der Waals surface area contributed by atoms with E-state index in [1.807, 2.05) is 0 Å². The van der Waals surface area contributed by atoms with Crippen LogP contribution in [0.4, 0.5) is 0 Å². The van der Waals surface area contributed by atoms with Gasteiger partial charge in [0.2, 0.25) is 0 Å². The molecule has 1 heterocycles. The summed E-state index contributed by atoms with van der Waals surface area (Å²) in [6.07, 6.45) is 8.16. The molecule has 1 saturated carbocycles. The number of rotatable bonds is 4. The molecule has 0 atom stereocenters. The van der Waals surface area contributed by atoms with Crippen molar-refractivity contribution in [3.8, 4) is 0 Å². The first-order valence-electron chi connectivity index (χ1n) is 8.13. The molecular formula is C18H26O2. The minimum Gasteiger partial charge on any atom is -0.346 e. The maximum Gasteiger partial charge on any atom is 0.184 e. The Morgan fingerprint density at radius 2 is 1.60 bits per heavy atom. The maximum absolute atomic E-state index is 5.52. The number of hydrogen-bond donors (Lipinski definition) is 0. The molecule has 1 aliphatic heterocycles. The van der Waals surface area contributed by atoms with Crippen molar-refractivity contribution >= 4 is 0 Å². The predicted octanol–water partition coefficient (Wildman–Crippen LogP) is 4.49. The molecule has 0 bridgehead atoms. The van der Waals surface area contributed by atoms with Crippen molar-refractivity contribution < 1.29 is 9.47 Å². The Morgan fingerprint density at radius 3 is 2.25 bits per heavy atom. The molecule has 20 heavy (non-hydrogen) atoms. The Morgan fingerprint density at radius 1 is 0.950 bits per heavy atom. The van der Waals surface area contributed by atoms with Gasteiger partial charge in [0.05, 0.1) is 13.2 Å². The second kappa shape index (κ2) is 6.73. The minimum atomic E-state index is -0.135. The third-order valence-electron chi connectivity index (χ3n) is 4.85. The Balaban J connectivity index is 1.48. The third kappa shape index (κ3) is 3.62. The van der Waals surface area contributed by atoms with Crippen molar-refractivity contribution in [2.24, 2.45) is 11.8 Å². The van der Waals surface area contributed by atoms with Crippen molar-refractivity contribution in [1.29, 1.82) is 0 Å². The van der Waals surface area contributed by atoms with Gasteiger partial charge in [0, 0.05) is 5.56 Å². The van der Waals surface area contributed by atoms with E-state index in [-0.39, 0.29) is 6.29 Å². The lowest BCUT2D eigenvalue weighted by atomic mass is 9.80. The van der Waals surface area contributed by atoms with Crippen LogP contribution in [0.5, 0.6) is 0 Å². The zero-order valence-corrected chi connectivity index (χ0v) is 12.5. The molecule has 0 aromatic heterocycles. The SMILES string of the molecule is CC1CCC(CCc2ccc(C3OCCO3)cc2)CC1. The van der Waals surface area contributed by atoms with E-state index in [1.54, 1.807) is 0 Å². The zero-order valence-electron chi connectivity index (χ0n) is 12.5. The van der Waals surface area contributed by atoms with Crippen LogP contribution in [0.1, 0.15) is 56.4 Å². The fourth-order valence-corrected chi connectivity index (χ4v) is 3.38. The molecule has 2 fully saturated rings. The van der Waals surface area contributed by atoms with E-state index < -0.39 is 0 Å². The van der Waals surface area contributed by atoms with Gasteiger partial charge in [-0.25, -0.2) is 0 Å². The quantitative estimate of drug-likeness (QED) is 0.805. The summed E-state index contributed by atoms with van der Waals surface area (Å²) in [5.74, 6) is 1.91. The van der Waals surface area contributed by atoms with E-state index in [0.29, 0.717) is 13.2 Å². The average Bonchev–Trinajstić information content (AvgIpc) is 3.01. The monoisotopic (exact) mass is 274 g/mol. The van der Waals surface area contributed by atoms with Crippen LogP contribution in [0.3, 0.4) is 0 Å². The summed E-state index contributed by atoms with van der Waals surface area (Å²) in [6, 6.07) is 8.81. The number of aryl methyl sites for hydroxylation is 1. The van der Waals surface area contributed by atoms with Gasteiger partial charge in [-0.2, -0.15) is 0 Å². The second-order valence-electron chi connectivity index (χ2n) is 6.48. The fourth-order valence-electron chi connectivity index (χ4n) is 3.38. The van der Waals surface area contributed by atoms with E-state index in [0.717, 1.165) is 17.4 Å². The van der Waals surface area contributed by atoms with E-state index in [1.165, 1.54) is 44.1 Å². The van der Waals surface area contributed by atoms with Crippen molar-refractivity contribution in [2.75, 3.05) is 13.2 Å². The summed E-state index contributed by atoms with van der Waals surface area (Å²) >= 11 is 0. The number of benzene rings is 1. The Kier molecular flexibility index (Phi) is 4.74. The normalized spacial score (nSPS) is 27.9. The number of hydrogen-bond acceptors (Lipinski definition) is 2. The van der Waals surface area contributed by atoms with Crippen molar-refractivity contribution in [1.82, 2.24) is 0 Å². The predicted molar refractivity (Wildman–Crippen MR) is 80.5 cm³/mol. The highest BCUT2D eigenvalue weighted by Gasteiger charge is 2.19. The topological polar surface area (TPSA) is 18.5 Å². The molecule has 2 heteroatoms. The molecule has 0 amide bonds. The van der Waals surface area contributed by atoms with Gasteiger partial charge < -0.3 is 9.47 Å². The average molecular weight is 274 g/mol. The smallest absolute Gasteiger partial charge is 0.184 e. The largest absolute Gasteiger partial charge is 0.346 e. The lowest BCUT2D eigenvalue weighted by molar-refractivity contribution is -0.0441. The zero-order chi connectivity index (χ0) is 13.8. The summed E-state index contributed by atoms with van der Waals surface area (Å²) in [7, 11) is 0. The molecule has 0 radical (unpaired) electrons. The van der Waals surface area contributed by atoms with E-state index in [4.69, 9.17) is 9.47 Å². The molecular weight excluding hydrogens is 248 g/mol. The molecule has 0 spiro atoms. The van der Waals surface area contributed by atoms with Gasteiger partial charge in [-0.05, 0) is 30.2 Å². The van der Waals surface area contributed by atoms with Gasteiger partial charge in [-0.3, -0.25) is 0 Å². The first-order valence-corrected chi connectivity index (χ1v) is 8.13. The van der Waals surface area contributed by atoms with Crippen LogP contribution in [-0.2, 0) is 15.9 Å². The van der Waals surface area contributed by atoms with Gasteiger partial charge in [-0.15, -0.1) is 0 Å². The van der Waals surface area contributed by atoms with Crippen molar-refractivity contribution in [3.63, 3.8) is 0 Å². The highest BCUT2D eigenvalue weighted by atomic mass is 16.7. The molecule has 0 N–H and O–H groups in total. The summed E-state index contributed by atoms with van der Waals surface area (Å²) < 4.78 is 11.0. The van der Waals surface area contributed by atoms with Crippen LogP contribution in [-0.4, -0.2) is 13.2 Å². The minimum absolute atomic E-state index is 0.135. The molecule has 1 saturated heterocycles. The van der Waals surface area contributed by atoms with E-state index >= 15 is 0 Å². The van der Waals surface area contributed by atoms with Crippen LogP contribution in [0.15, 0.2) is 24.3 Å². The molecule has 0 unspecified atom stereocenters. The van der Waals surface area contributed by atoms with Crippen LogP contribution >= 0.6 is 0 Å². The third-order valence-corrected chi connectivity index (χ3v) is 4.85. The van der Waals surface area contributed by atoms with E-state index in [2.05, 4.69) is 31.2 Å². The molecule has 2 aliphatic rings. The highest BCUT2D eigenvalue weighted by molar-refractivity contribution is 5.23. The second-order valence-corrected chi connectivity index (χ2v) is 6.48. The van der Waals surface area contributed by atoms with Gasteiger partial charge in [0.1, 0.15) is 0 Å². The van der Waals surface area contributed by atoms with E-state index in [9.17, 15) is 0 Å². The molecule has 3 rings (SSSR count).